The fourth-order valence-electron chi connectivity index (χ4n) is 2.71. The summed E-state index contributed by atoms with van der Waals surface area (Å²) < 4.78 is 5.85. The van der Waals surface area contributed by atoms with Crippen molar-refractivity contribution in [2.24, 2.45) is 11.5 Å². The molecule has 27 heavy (non-hydrogen) atoms. The number of aliphatic hydroxyl groups is 1. The van der Waals surface area contributed by atoms with Gasteiger partial charge in [0.1, 0.15) is 11.4 Å². The minimum atomic E-state index is -1.12. The molecule has 2 heterocycles. The maximum atomic E-state index is 11.6. The van der Waals surface area contributed by atoms with Crippen LogP contribution >= 0.6 is 11.3 Å². The number of carbonyl (C=O) groups is 2. The van der Waals surface area contributed by atoms with Gasteiger partial charge in [0.05, 0.1) is 12.3 Å². The lowest BCUT2D eigenvalue weighted by Crippen LogP contribution is -2.18. The number of aromatic nitrogens is 1. The Kier molecular flexibility index (Phi) is 4.91. The average Bonchev–Trinajstić information content (AvgIpc) is 2.96. The molecular formula is C19H19N3O4S. The van der Waals surface area contributed by atoms with Gasteiger partial charge < -0.3 is 21.3 Å². The molecule has 1 unspecified atom stereocenters. The van der Waals surface area contributed by atoms with Crippen LogP contribution in [-0.2, 0) is 4.79 Å². The van der Waals surface area contributed by atoms with Gasteiger partial charge in [-0.15, -0.1) is 11.3 Å². The average molecular weight is 385 g/mol. The Morgan fingerprint density at radius 1 is 1.41 bits per heavy atom. The van der Waals surface area contributed by atoms with E-state index in [0.717, 1.165) is 16.2 Å². The number of hydrogen-bond acceptors (Lipinski definition) is 6. The topological polar surface area (TPSA) is 129 Å². The van der Waals surface area contributed by atoms with Crippen LogP contribution in [0.4, 0.5) is 0 Å². The molecule has 1 aliphatic heterocycles. The largest absolute Gasteiger partial charge is 0.492 e. The SMILES string of the molecule is CC(C)(O)C#Cc1ccc2c(c1)-c1nc(C(N)=O)sc1C(CC(N)=O)CO2. The van der Waals surface area contributed by atoms with Gasteiger partial charge in [0, 0.05) is 28.3 Å². The molecule has 7 nitrogen and oxygen atoms in total. The van der Waals surface area contributed by atoms with Crippen LogP contribution in [0.5, 0.6) is 5.75 Å². The lowest BCUT2D eigenvalue weighted by atomic mass is 9.99. The van der Waals surface area contributed by atoms with E-state index >= 15 is 0 Å². The molecule has 0 fully saturated rings. The lowest BCUT2D eigenvalue weighted by molar-refractivity contribution is -0.118. The highest BCUT2D eigenvalue weighted by Gasteiger charge is 2.30. The van der Waals surface area contributed by atoms with Gasteiger partial charge >= 0.3 is 0 Å². The summed E-state index contributed by atoms with van der Waals surface area (Å²) >= 11 is 1.14. The smallest absolute Gasteiger partial charge is 0.277 e. The van der Waals surface area contributed by atoms with Crippen LogP contribution in [0.2, 0.25) is 0 Å². The van der Waals surface area contributed by atoms with E-state index < -0.39 is 17.4 Å². The van der Waals surface area contributed by atoms with E-state index in [1.807, 2.05) is 0 Å². The van der Waals surface area contributed by atoms with Crippen LogP contribution in [0.3, 0.4) is 0 Å². The van der Waals surface area contributed by atoms with Gasteiger partial charge in [0.25, 0.3) is 5.91 Å². The van der Waals surface area contributed by atoms with Crippen molar-refractivity contribution in [2.45, 2.75) is 31.8 Å². The number of primary amides is 2. The fourth-order valence-corrected chi connectivity index (χ4v) is 3.73. The maximum Gasteiger partial charge on any atom is 0.277 e. The summed E-state index contributed by atoms with van der Waals surface area (Å²) in [5.41, 5.74) is 11.5. The molecule has 0 aliphatic carbocycles. The first kappa shape index (κ1) is 18.9. The summed E-state index contributed by atoms with van der Waals surface area (Å²) in [6.07, 6.45) is 0.0761. The number of fused-ring (bicyclic) bond motifs is 3. The first-order valence-electron chi connectivity index (χ1n) is 8.25. The van der Waals surface area contributed by atoms with E-state index in [1.54, 1.807) is 32.0 Å². The minimum Gasteiger partial charge on any atom is -0.492 e. The quantitative estimate of drug-likeness (QED) is 0.688. The molecule has 1 aliphatic rings. The number of hydrogen-bond donors (Lipinski definition) is 3. The number of rotatable bonds is 3. The third-order valence-corrected chi connectivity index (χ3v) is 5.10. The number of nitrogens with zero attached hydrogens (tertiary/aromatic N) is 1. The highest BCUT2D eigenvalue weighted by molar-refractivity contribution is 7.14. The normalized spacial score (nSPS) is 15.4. The van der Waals surface area contributed by atoms with E-state index in [1.165, 1.54) is 0 Å². The van der Waals surface area contributed by atoms with Crippen LogP contribution in [0.1, 0.15) is 46.4 Å². The van der Waals surface area contributed by atoms with E-state index in [4.69, 9.17) is 16.2 Å². The van der Waals surface area contributed by atoms with Gasteiger partial charge in [0.15, 0.2) is 5.01 Å². The van der Waals surface area contributed by atoms with Crippen LogP contribution in [-0.4, -0.2) is 34.1 Å². The zero-order valence-corrected chi connectivity index (χ0v) is 15.7. The monoisotopic (exact) mass is 385 g/mol. The molecule has 1 atom stereocenters. The molecule has 0 saturated carbocycles. The lowest BCUT2D eigenvalue weighted by Gasteiger charge is -2.12. The molecule has 0 spiro atoms. The first-order chi connectivity index (χ1) is 12.6. The summed E-state index contributed by atoms with van der Waals surface area (Å²) in [7, 11) is 0. The Bertz CT molecular complexity index is 979. The van der Waals surface area contributed by atoms with Crippen LogP contribution in [0.15, 0.2) is 18.2 Å². The van der Waals surface area contributed by atoms with Crippen LogP contribution < -0.4 is 16.2 Å². The second-order valence-corrected chi connectivity index (χ2v) is 7.83. The minimum absolute atomic E-state index is 0.0761. The summed E-state index contributed by atoms with van der Waals surface area (Å²) in [6, 6.07) is 5.31. The van der Waals surface area contributed by atoms with Gasteiger partial charge in [-0.3, -0.25) is 9.59 Å². The van der Waals surface area contributed by atoms with Crippen molar-refractivity contribution < 1.29 is 19.4 Å². The highest BCUT2D eigenvalue weighted by Crippen LogP contribution is 2.43. The van der Waals surface area contributed by atoms with E-state index in [-0.39, 0.29) is 24.0 Å². The Balaban J connectivity index is 2.14. The van der Waals surface area contributed by atoms with Gasteiger partial charge in [-0.2, -0.15) is 0 Å². The van der Waals surface area contributed by atoms with Crippen LogP contribution in [0, 0.1) is 11.8 Å². The predicted octanol–water partition coefficient (Wildman–Crippen LogP) is 1.38. The maximum absolute atomic E-state index is 11.6. The summed E-state index contributed by atoms with van der Waals surface area (Å²) in [6.45, 7) is 3.43. The van der Waals surface area contributed by atoms with Gasteiger partial charge in [-0.1, -0.05) is 11.8 Å². The Labute approximate surface area is 160 Å². The molecule has 2 aromatic rings. The molecular weight excluding hydrogens is 366 g/mol. The van der Waals surface area contributed by atoms with Crippen molar-refractivity contribution in [1.29, 1.82) is 0 Å². The van der Waals surface area contributed by atoms with Crippen molar-refractivity contribution >= 4 is 23.2 Å². The standard InChI is InChI=1S/C19H19N3O4S/c1-19(2,25)6-5-10-3-4-13-12(7-10)15-16(27-18(22-15)17(21)24)11(9-26-13)8-14(20)23/h3-4,7,11,25H,8-9H2,1-2H3,(H2,20,23)(H2,21,24). The summed E-state index contributed by atoms with van der Waals surface area (Å²) in [5, 5.41) is 9.96. The number of nitrogens with two attached hydrogens (primary N) is 2. The predicted molar refractivity (Wildman–Crippen MR) is 101 cm³/mol. The number of benzene rings is 1. The highest BCUT2D eigenvalue weighted by atomic mass is 32.1. The molecule has 1 aromatic heterocycles. The van der Waals surface area contributed by atoms with Gasteiger partial charge in [0.2, 0.25) is 5.91 Å². The van der Waals surface area contributed by atoms with Crippen molar-refractivity contribution in [2.75, 3.05) is 6.61 Å². The van der Waals surface area contributed by atoms with Crippen molar-refractivity contribution in [1.82, 2.24) is 4.98 Å². The molecule has 1 aromatic carbocycles. The summed E-state index contributed by atoms with van der Waals surface area (Å²) in [5.74, 6) is 4.82. The zero-order chi connectivity index (χ0) is 19.8. The molecule has 0 radical (unpaired) electrons. The molecule has 2 amide bonds. The Morgan fingerprint density at radius 2 is 2.15 bits per heavy atom. The summed E-state index contributed by atoms with van der Waals surface area (Å²) in [4.78, 5) is 28.2. The molecule has 3 rings (SSSR count). The number of ether oxygens (including phenoxy) is 1. The molecule has 140 valence electrons. The van der Waals surface area contributed by atoms with E-state index in [9.17, 15) is 14.7 Å². The van der Waals surface area contributed by atoms with Gasteiger partial charge in [-0.05, 0) is 32.0 Å². The second kappa shape index (κ2) is 7.02. The van der Waals surface area contributed by atoms with Gasteiger partial charge in [-0.25, -0.2) is 4.98 Å². The zero-order valence-electron chi connectivity index (χ0n) is 14.9. The Hall–Kier alpha value is -2.89. The second-order valence-electron chi connectivity index (χ2n) is 6.79. The third kappa shape index (κ3) is 4.27. The number of carbonyl (C=O) groups excluding carboxylic acids is 2. The van der Waals surface area contributed by atoms with Crippen molar-refractivity contribution in [3.63, 3.8) is 0 Å². The molecule has 0 saturated heterocycles. The third-order valence-electron chi connectivity index (χ3n) is 3.87. The Morgan fingerprint density at radius 3 is 2.78 bits per heavy atom. The molecule has 5 N–H and O–H groups in total. The number of amides is 2. The molecule has 8 heteroatoms. The van der Waals surface area contributed by atoms with Crippen molar-refractivity contribution in [3.05, 3.63) is 33.6 Å². The molecule has 0 bridgehead atoms. The van der Waals surface area contributed by atoms with Crippen LogP contribution in [0.25, 0.3) is 11.3 Å². The van der Waals surface area contributed by atoms with E-state index in [0.29, 0.717) is 22.6 Å². The fraction of sp³-hybridized carbons (Fsp3) is 0.316. The first-order valence-corrected chi connectivity index (χ1v) is 9.07. The number of thiazole rings is 1. The van der Waals surface area contributed by atoms with Crippen molar-refractivity contribution in [3.8, 4) is 28.8 Å². The van der Waals surface area contributed by atoms with E-state index in [2.05, 4.69) is 16.8 Å².